The van der Waals surface area contributed by atoms with E-state index in [0.717, 1.165) is 6.07 Å². The summed E-state index contributed by atoms with van der Waals surface area (Å²) in [6, 6.07) is 8.32. The highest BCUT2D eigenvalue weighted by Crippen LogP contribution is 2.31. The predicted molar refractivity (Wildman–Crippen MR) is 68.4 cm³/mol. The molecule has 0 atom stereocenters. The zero-order valence-corrected chi connectivity index (χ0v) is 10.5. The van der Waals surface area contributed by atoms with Crippen molar-refractivity contribution in [3.63, 3.8) is 0 Å². The third-order valence-electron chi connectivity index (χ3n) is 2.83. The summed E-state index contributed by atoms with van der Waals surface area (Å²) in [7, 11) is 1.36. The number of carbonyl (C=O) groups is 1. The molecule has 0 aliphatic carbocycles. The minimum atomic E-state index is -0.570. The molecule has 0 aliphatic heterocycles. The summed E-state index contributed by atoms with van der Waals surface area (Å²) in [6.45, 7) is 1.32. The molecular formula is C15H12F2O2. The van der Waals surface area contributed by atoms with Gasteiger partial charge in [0.1, 0.15) is 5.82 Å². The van der Waals surface area contributed by atoms with Gasteiger partial charge in [0.2, 0.25) is 0 Å². The molecule has 0 heterocycles. The standard InChI is InChI=1S/C15H12F2O2/c1-9(18)13-8-10(16)6-7-11(13)12-4-3-5-14(19-2)15(12)17/h3-8H,1-2H3. The molecule has 0 spiro atoms. The molecule has 0 fully saturated rings. The number of benzene rings is 2. The van der Waals surface area contributed by atoms with Crippen molar-refractivity contribution in [2.45, 2.75) is 6.92 Å². The molecular weight excluding hydrogens is 250 g/mol. The van der Waals surface area contributed by atoms with Crippen LogP contribution < -0.4 is 4.74 Å². The van der Waals surface area contributed by atoms with E-state index in [1.807, 2.05) is 0 Å². The smallest absolute Gasteiger partial charge is 0.172 e. The van der Waals surface area contributed by atoms with E-state index in [1.54, 1.807) is 6.07 Å². The second-order valence-electron chi connectivity index (χ2n) is 4.07. The Hall–Kier alpha value is -2.23. The fraction of sp³-hybridized carbons (Fsp3) is 0.133. The Morgan fingerprint density at radius 3 is 2.47 bits per heavy atom. The van der Waals surface area contributed by atoms with Crippen LogP contribution in [0.15, 0.2) is 36.4 Å². The van der Waals surface area contributed by atoms with Gasteiger partial charge in [-0.3, -0.25) is 4.79 Å². The van der Waals surface area contributed by atoms with Gasteiger partial charge in [-0.15, -0.1) is 0 Å². The van der Waals surface area contributed by atoms with E-state index in [9.17, 15) is 13.6 Å². The lowest BCUT2D eigenvalue weighted by Gasteiger charge is -2.10. The average molecular weight is 262 g/mol. The predicted octanol–water partition coefficient (Wildman–Crippen LogP) is 3.84. The lowest BCUT2D eigenvalue weighted by atomic mass is 9.96. The summed E-state index contributed by atoms with van der Waals surface area (Å²) < 4.78 is 32.3. The lowest BCUT2D eigenvalue weighted by molar-refractivity contribution is 0.101. The van der Waals surface area contributed by atoms with Gasteiger partial charge in [-0.2, -0.15) is 0 Å². The van der Waals surface area contributed by atoms with Gasteiger partial charge in [0.25, 0.3) is 0 Å². The van der Waals surface area contributed by atoms with Crippen LogP contribution in [-0.2, 0) is 0 Å². The fourth-order valence-corrected chi connectivity index (χ4v) is 1.92. The van der Waals surface area contributed by atoms with Crippen molar-refractivity contribution < 1.29 is 18.3 Å². The summed E-state index contributed by atoms with van der Waals surface area (Å²) >= 11 is 0. The molecule has 19 heavy (non-hydrogen) atoms. The summed E-state index contributed by atoms with van der Waals surface area (Å²) in [4.78, 5) is 11.5. The molecule has 0 radical (unpaired) electrons. The first-order valence-electron chi connectivity index (χ1n) is 5.68. The first kappa shape index (κ1) is 13.2. The van der Waals surface area contributed by atoms with Crippen molar-refractivity contribution in [3.05, 3.63) is 53.6 Å². The quantitative estimate of drug-likeness (QED) is 0.785. The molecule has 4 heteroatoms. The summed E-state index contributed by atoms with van der Waals surface area (Å²) in [6.07, 6.45) is 0. The van der Waals surface area contributed by atoms with Crippen LogP contribution in [0.2, 0.25) is 0 Å². The molecule has 0 aliphatic rings. The van der Waals surface area contributed by atoms with Crippen LogP contribution in [0.1, 0.15) is 17.3 Å². The third kappa shape index (κ3) is 2.47. The van der Waals surface area contributed by atoms with Crippen molar-refractivity contribution >= 4 is 5.78 Å². The Labute approximate surface area is 109 Å². The van der Waals surface area contributed by atoms with E-state index in [-0.39, 0.29) is 22.7 Å². The maximum atomic E-state index is 14.2. The van der Waals surface area contributed by atoms with Crippen LogP contribution in [0.5, 0.6) is 5.75 Å². The minimum absolute atomic E-state index is 0.0799. The molecule has 2 rings (SSSR count). The molecule has 0 saturated carbocycles. The molecule has 2 aromatic rings. The number of rotatable bonds is 3. The Balaban J connectivity index is 2.69. The molecule has 0 amide bonds. The minimum Gasteiger partial charge on any atom is -0.494 e. The van der Waals surface area contributed by atoms with Crippen LogP contribution in [0.4, 0.5) is 8.78 Å². The van der Waals surface area contributed by atoms with Gasteiger partial charge < -0.3 is 4.74 Å². The summed E-state index contributed by atoms with van der Waals surface area (Å²) in [5.41, 5.74) is 0.710. The molecule has 0 unspecified atom stereocenters. The molecule has 2 aromatic carbocycles. The van der Waals surface area contributed by atoms with Crippen LogP contribution in [0.25, 0.3) is 11.1 Å². The van der Waals surface area contributed by atoms with Gasteiger partial charge >= 0.3 is 0 Å². The topological polar surface area (TPSA) is 26.3 Å². The third-order valence-corrected chi connectivity index (χ3v) is 2.83. The van der Waals surface area contributed by atoms with Gasteiger partial charge in [0, 0.05) is 11.1 Å². The van der Waals surface area contributed by atoms with Crippen molar-refractivity contribution in [1.82, 2.24) is 0 Å². The first-order chi connectivity index (χ1) is 9.04. The Kier molecular flexibility index (Phi) is 3.60. The molecule has 0 bridgehead atoms. The maximum Gasteiger partial charge on any atom is 0.172 e. The monoisotopic (exact) mass is 262 g/mol. The normalized spacial score (nSPS) is 10.3. The van der Waals surface area contributed by atoms with E-state index < -0.39 is 11.6 Å². The highest BCUT2D eigenvalue weighted by atomic mass is 19.1. The van der Waals surface area contributed by atoms with Crippen LogP contribution in [0.3, 0.4) is 0 Å². The number of ketones is 1. The largest absolute Gasteiger partial charge is 0.494 e. The van der Waals surface area contributed by atoms with Gasteiger partial charge in [0.15, 0.2) is 17.3 Å². The summed E-state index contributed by atoms with van der Waals surface area (Å²) in [5, 5.41) is 0. The van der Waals surface area contributed by atoms with Gasteiger partial charge in [-0.1, -0.05) is 18.2 Å². The van der Waals surface area contributed by atoms with Crippen LogP contribution in [-0.4, -0.2) is 12.9 Å². The number of carbonyl (C=O) groups excluding carboxylic acids is 1. The zero-order chi connectivity index (χ0) is 14.0. The van der Waals surface area contributed by atoms with E-state index in [4.69, 9.17) is 4.74 Å². The molecule has 98 valence electrons. The van der Waals surface area contributed by atoms with Gasteiger partial charge in [-0.25, -0.2) is 8.78 Å². The molecule has 0 saturated heterocycles. The fourth-order valence-electron chi connectivity index (χ4n) is 1.92. The number of hydrogen-bond acceptors (Lipinski definition) is 2. The maximum absolute atomic E-state index is 14.2. The van der Waals surface area contributed by atoms with E-state index >= 15 is 0 Å². The number of Topliss-reactive ketones (excluding diaryl/α,β-unsaturated/α-hetero) is 1. The first-order valence-corrected chi connectivity index (χ1v) is 5.68. The number of methoxy groups -OCH3 is 1. The summed E-state index contributed by atoms with van der Waals surface area (Å²) in [5.74, 6) is -1.34. The lowest BCUT2D eigenvalue weighted by Crippen LogP contribution is -1.99. The van der Waals surface area contributed by atoms with Crippen molar-refractivity contribution in [2.75, 3.05) is 7.11 Å². The van der Waals surface area contributed by atoms with Crippen molar-refractivity contribution in [1.29, 1.82) is 0 Å². The second kappa shape index (κ2) is 5.18. The van der Waals surface area contributed by atoms with Crippen molar-refractivity contribution in [2.24, 2.45) is 0 Å². The zero-order valence-electron chi connectivity index (χ0n) is 10.5. The Bertz CT molecular complexity index is 636. The van der Waals surface area contributed by atoms with Gasteiger partial charge in [0.05, 0.1) is 7.11 Å². The van der Waals surface area contributed by atoms with Crippen LogP contribution >= 0.6 is 0 Å². The SMILES string of the molecule is COc1cccc(-c2ccc(F)cc2C(C)=O)c1F. The number of ether oxygens (including phenoxy) is 1. The Morgan fingerprint density at radius 2 is 1.84 bits per heavy atom. The second-order valence-corrected chi connectivity index (χ2v) is 4.07. The van der Waals surface area contributed by atoms with E-state index in [1.165, 1.54) is 38.3 Å². The van der Waals surface area contributed by atoms with Crippen LogP contribution in [0, 0.1) is 11.6 Å². The van der Waals surface area contributed by atoms with E-state index in [2.05, 4.69) is 0 Å². The molecule has 0 N–H and O–H groups in total. The average Bonchev–Trinajstić information content (AvgIpc) is 2.39. The number of halogens is 2. The van der Waals surface area contributed by atoms with Gasteiger partial charge in [-0.05, 0) is 30.7 Å². The highest BCUT2D eigenvalue weighted by molar-refractivity contribution is 6.01. The number of hydrogen-bond donors (Lipinski definition) is 0. The molecule has 0 aromatic heterocycles. The van der Waals surface area contributed by atoms with E-state index in [0.29, 0.717) is 5.56 Å². The Morgan fingerprint density at radius 1 is 1.11 bits per heavy atom. The highest BCUT2D eigenvalue weighted by Gasteiger charge is 2.16. The van der Waals surface area contributed by atoms with Crippen molar-refractivity contribution in [3.8, 4) is 16.9 Å². The molecule has 2 nitrogen and oxygen atoms in total.